The quantitative estimate of drug-likeness (QED) is 0.463. The fraction of sp³-hybridized carbons (Fsp3) is 0.269. The van der Waals surface area contributed by atoms with E-state index >= 15 is 0 Å². The molecule has 3 aromatic carbocycles. The first-order valence-corrected chi connectivity index (χ1v) is 13.4. The number of sulfonamides is 1. The zero-order valence-electron chi connectivity index (χ0n) is 19.0. The number of hydrogen-bond donors (Lipinski definition) is 0. The van der Waals surface area contributed by atoms with Gasteiger partial charge in [-0.3, -0.25) is 9.10 Å². The third-order valence-electron chi connectivity index (χ3n) is 6.46. The van der Waals surface area contributed by atoms with Crippen molar-refractivity contribution in [3.63, 3.8) is 0 Å². The van der Waals surface area contributed by atoms with Crippen LogP contribution in [0.2, 0.25) is 0 Å². The molecule has 3 aromatic rings. The van der Waals surface area contributed by atoms with Gasteiger partial charge in [0.1, 0.15) is 5.75 Å². The van der Waals surface area contributed by atoms with Gasteiger partial charge in [-0.1, -0.05) is 34.1 Å². The van der Waals surface area contributed by atoms with E-state index in [1.165, 1.54) is 4.31 Å². The Hall–Kier alpha value is -2.84. The van der Waals surface area contributed by atoms with Gasteiger partial charge in [0.15, 0.2) is 6.61 Å². The predicted molar refractivity (Wildman–Crippen MR) is 136 cm³/mol. The van der Waals surface area contributed by atoms with Crippen molar-refractivity contribution in [1.29, 1.82) is 0 Å². The number of para-hydroxylation sites is 1. The lowest BCUT2D eigenvalue weighted by atomic mass is 10.1. The van der Waals surface area contributed by atoms with Crippen LogP contribution in [0.15, 0.2) is 70.0 Å². The third-order valence-corrected chi connectivity index (χ3v) is 8.76. The van der Waals surface area contributed by atoms with Crippen molar-refractivity contribution < 1.29 is 17.9 Å². The molecule has 0 radical (unpaired) electrons. The molecule has 2 aliphatic heterocycles. The van der Waals surface area contributed by atoms with Crippen molar-refractivity contribution >= 4 is 43.2 Å². The molecule has 2 aliphatic rings. The fourth-order valence-corrected chi connectivity index (χ4v) is 6.82. The minimum Gasteiger partial charge on any atom is -0.483 e. The number of carbonyl (C=O) groups is 1. The Bertz CT molecular complexity index is 1390. The van der Waals surface area contributed by atoms with Crippen LogP contribution < -0.4 is 13.9 Å². The van der Waals surface area contributed by atoms with E-state index in [1.54, 1.807) is 30.0 Å². The molecule has 1 amide bonds. The van der Waals surface area contributed by atoms with Crippen molar-refractivity contribution in [2.45, 2.75) is 37.6 Å². The molecule has 2 heterocycles. The molecule has 8 heteroatoms. The highest BCUT2D eigenvalue weighted by atomic mass is 79.9. The van der Waals surface area contributed by atoms with Gasteiger partial charge in [0.05, 0.1) is 10.6 Å². The van der Waals surface area contributed by atoms with E-state index in [1.807, 2.05) is 49.4 Å². The highest BCUT2D eigenvalue weighted by Crippen LogP contribution is 2.35. The molecular weight excluding hydrogens is 516 g/mol. The van der Waals surface area contributed by atoms with Crippen LogP contribution in [0.25, 0.3) is 0 Å². The number of ether oxygens (including phenoxy) is 1. The standard InChI is InChI=1S/C26H25BrN2O4S/c1-17-13-22(34(31,32)28-12-11-19-5-3-4-6-23(19)28)8-10-25(17)33-16-26(30)29-18(2)14-20-15-21(27)7-9-24(20)29/h3-10,13,15,18H,11-12,14,16H2,1-2H3/t18-/m0/s1. The molecule has 34 heavy (non-hydrogen) atoms. The number of nitrogens with zero attached hydrogens (tertiary/aromatic N) is 2. The first-order valence-electron chi connectivity index (χ1n) is 11.2. The second-order valence-electron chi connectivity index (χ2n) is 8.76. The number of benzene rings is 3. The number of aryl methyl sites for hydroxylation is 1. The number of amides is 1. The predicted octanol–water partition coefficient (Wildman–Crippen LogP) is 4.87. The fourth-order valence-electron chi connectivity index (χ4n) is 4.82. The molecule has 6 nitrogen and oxygen atoms in total. The smallest absolute Gasteiger partial charge is 0.265 e. The van der Waals surface area contributed by atoms with Crippen LogP contribution in [-0.2, 0) is 27.7 Å². The zero-order valence-corrected chi connectivity index (χ0v) is 21.4. The number of hydrogen-bond acceptors (Lipinski definition) is 4. The lowest BCUT2D eigenvalue weighted by Gasteiger charge is -2.23. The minimum absolute atomic E-state index is 0.0531. The Balaban J connectivity index is 1.31. The molecule has 176 valence electrons. The molecule has 0 bridgehead atoms. The van der Waals surface area contributed by atoms with Gasteiger partial charge >= 0.3 is 0 Å². The van der Waals surface area contributed by atoms with Gasteiger partial charge in [-0.05, 0) is 85.8 Å². The molecule has 0 N–H and O–H groups in total. The van der Waals surface area contributed by atoms with E-state index in [-0.39, 0.29) is 23.5 Å². The van der Waals surface area contributed by atoms with Crippen LogP contribution in [-0.4, -0.2) is 33.5 Å². The lowest BCUT2D eigenvalue weighted by Crippen LogP contribution is -2.39. The molecule has 5 rings (SSSR count). The summed E-state index contributed by atoms with van der Waals surface area (Å²) in [4.78, 5) is 15.0. The molecule has 1 atom stereocenters. The van der Waals surface area contributed by atoms with Crippen molar-refractivity contribution in [3.05, 3.63) is 81.8 Å². The summed E-state index contributed by atoms with van der Waals surface area (Å²) in [5.41, 5.74) is 4.47. The molecule has 0 unspecified atom stereocenters. The SMILES string of the molecule is Cc1cc(S(=O)(=O)N2CCc3ccccc32)ccc1OCC(=O)N1c2ccc(Br)cc2C[C@@H]1C. The van der Waals surface area contributed by atoms with Gasteiger partial charge in [-0.25, -0.2) is 8.42 Å². The summed E-state index contributed by atoms with van der Waals surface area (Å²) in [5, 5.41) is 0. The highest BCUT2D eigenvalue weighted by molar-refractivity contribution is 9.10. The maximum atomic E-state index is 13.3. The van der Waals surface area contributed by atoms with Crippen LogP contribution in [0, 0.1) is 6.92 Å². The molecule has 0 aromatic heterocycles. The third kappa shape index (κ3) is 3.99. The second kappa shape index (κ2) is 8.74. The lowest BCUT2D eigenvalue weighted by molar-refractivity contribution is -0.120. The molecule has 0 saturated carbocycles. The van der Waals surface area contributed by atoms with Crippen molar-refractivity contribution in [1.82, 2.24) is 0 Å². The Labute approximate surface area is 208 Å². The number of rotatable bonds is 5. The zero-order chi connectivity index (χ0) is 24.0. The average molecular weight is 541 g/mol. The minimum atomic E-state index is -3.68. The van der Waals surface area contributed by atoms with Gasteiger partial charge in [-0.15, -0.1) is 0 Å². The summed E-state index contributed by atoms with van der Waals surface area (Å²) >= 11 is 3.49. The Morgan fingerprint density at radius 3 is 2.65 bits per heavy atom. The molecule has 0 saturated heterocycles. The van der Waals surface area contributed by atoms with Gasteiger partial charge in [-0.2, -0.15) is 0 Å². The van der Waals surface area contributed by atoms with Gasteiger partial charge in [0.2, 0.25) is 0 Å². The number of fused-ring (bicyclic) bond motifs is 2. The summed E-state index contributed by atoms with van der Waals surface area (Å²) in [6.45, 7) is 4.13. The second-order valence-corrected chi connectivity index (χ2v) is 11.5. The van der Waals surface area contributed by atoms with Crippen LogP contribution in [0.5, 0.6) is 5.75 Å². The maximum Gasteiger partial charge on any atom is 0.265 e. The van der Waals surface area contributed by atoms with E-state index in [9.17, 15) is 13.2 Å². The van der Waals surface area contributed by atoms with Crippen LogP contribution in [0.1, 0.15) is 23.6 Å². The Kier molecular flexibility index (Phi) is 5.90. The average Bonchev–Trinajstić information content (AvgIpc) is 3.38. The van der Waals surface area contributed by atoms with E-state index in [0.717, 1.165) is 33.4 Å². The number of carbonyl (C=O) groups excluding carboxylic acids is 1. The maximum absolute atomic E-state index is 13.3. The monoisotopic (exact) mass is 540 g/mol. The van der Waals surface area contributed by atoms with Crippen molar-refractivity contribution in [2.24, 2.45) is 0 Å². The summed E-state index contributed by atoms with van der Waals surface area (Å²) in [6, 6.07) is 18.3. The molecule has 0 aliphatic carbocycles. The molecule has 0 spiro atoms. The highest BCUT2D eigenvalue weighted by Gasteiger charge is 2.32. The number of anilines is 2. The molecular formula is C26H25BrN2O4S. The summed E-state index contributed by atoms with van der Waals surface area (Å²) in [7, 11) is -3.68. The van der Waals surface area contributed by atoms with Gasteiger partial charge in [0, 0.05) is 22.7 Å². The van der Waals surface area contributed by atoms with Crippen molar-refractivity contribution in [3.8, 4) is 5.75 Å². The van der Waals surface area contributed by atoms with E-state index in [2.05, 4.69) is 15.9 Å². The van der Waals surface area contributed by atoms with Gasteiger partial charge in [0.25, 0.3) is 15.9 Å². The largest absolute Gasteiger partial charge is 0.483 e. The van der Waals surface area contributed by atoms with Crippen molar-refractivity contribution in [2.75, 3.05) is 22.4 Å². The van der Waals surface area contributed by atoms with Gasteiger partial charge < -0.3 is 9.64 Å². The van der Waals surface area contributed by atoms with Crippen LogP contribution in [0.4, 0.5) is 11.4 Å². The van der Waals surface area contributed by atoms with E-state index < -0.39 is 10.0 Å². The van der Waals surface area contributed by atoms with Crippen LogP contribution >= 0.6 is 15.9 Å². The summed E-state index contributed by atoms with van der Waals surface area (Å²) < 4.78 is 34.9. The van der Waals surface area contributed by atoms with Crippen LogP contribution in [0.3, 0.4) is 0 Å². The Morgan fingerprint density at radius 2 is 1.85 bits per heavy atom. The normalized spacial score (nSPS) is 17.0. The first-order chi connectivity index (χ1) is 16.3. The van der Waals surface area contributed by atoms with E-state index in [0.29, 0.717) is 24.3 Å². The Morgan fingerprint density at radius 1 is 1.06 bits per heavy atom. The summed E-state index contributed by atoms with van der Waals surface area (Å²) in [6.07, 6.45) is 1.50. The first kappa shape index (κ1) is 22.9. The van der Waals surface area contributed by atoms with E-state index in [4.69, 9.17) is 4.74 Å². The topological polar surface area (TPSA) is 66.9 Å². The molecule has 0 fully saturated rings. The summed E-state index contributed by atoms with van der Waals surface area (Å²) in [5.74, 6) is 0.371. The number of halogens is 1.